The van der Waals surface area contributed by atoms with Crippen LogP contribution in [0.2, 0.25) is 0 Å². The second kappa shape index (κ2) is 13.1. The van der Waals surface area contributed by atoms with E-state index in [1.54, 1.807) is 0 Å². The summed E-state index contributed by atoms with van der Waals surface area (Å²) in [5.41, 5.74) is 11.7. The Morgan fingerprint density at radius 1 is 0.377 bits per heavy atom. The van der Waals surface area contributed by atoms with Crippen molar-refractivity contribution in [1.82, 2.24) is 19.9 Å². The molecule has 2 bridgehead atoms. The summed E-state index contributed by atoms with van der Waals surface area (Å²) in [5.74, 6) is 2.34. The molecule has 53 heavy (non-hydrogen) atoms. The molecule has 2 saturated carbocycles. The van der Waals surface area contributed by atoms with Crippen LogP contribution in [0.4, 0.5) is 0 Å². The normalized spacial score (nSPS) is 17.7. The first-order chi connectivity index (χ1) is 26.2. The second-order valence-electron chi connectivity index (χ2n) is 14.8. The zero-order chi connectivity index (χ0) is 35.2. The Balaban J connectivity index is 1.05. The molecule has 2 aliphatic carbocycles. The van der Waals surface area contributed by atoms with Crippen LogP contribution >= 0.6 is 0 Å². The first-order valence-electron chi connectivity index (χ1n) is 18.8. The minimum atomic E-state index is 0.337. The molecule has 2 aromatic heterocycles. The summed E-state index contributed by atoms with van der Waals surface area (Å²) in [7, 11) is 0. The van der Waals surface area contributed by atoms with Crippen LogP contribution in [0, 0.1) is 5.92 Å². The first kappa shape index (κ1) is 31.5. The average molecular weight is 683 g/mol. The molecule has 8 aromatic rings. The topological polar surface area (TPSA) is 51.6 Å². The highest BCUT2D eigenvalue weighted by Gasteiger charge is 2.45. The lowest BCUT2D eigenvalue weighted by molar-refractivity contribution is 0.419. The lowest BCUT2D eigenvalue weighted by atomic mass is 9.77. The van der Waals surface area contributed by atoms with Crippen molar-refractivity contribution in [3.8, 4) is 67.8 Å². The van der Waals surface area contributed by atoms with Crippen molar-refractivity contribution in [1.29, 1.82) is 0 Å². The average Bonchev–Trinajstić information content (AvgIpc) is 3.87. The lowest BCUT2D eigenvalue weighted by Gasteiger charge is -2.27. The van der Waals surface area contributed by atoms with E-state index >= 15 is 0 Å². The van der Waals surface area contributed by atoms with Crippen LogP contribution in [0.25, 0.3) is 78.6 Å². The van der Waals surface area contributed by atoms with Gasteiger partial charge in [0.15, 0.2) is 11.6 Å². The highest BCUT2D eigenvalue weighted by molar-refractivity contribution is 5.87. The Hall–Kier alpha value is -6.26. The van der Waals surface area contributed by atoms with Crippen molar-refractivity contribution in [3.63, 3.8) is 0 Å². The molecule has 4 heteroatoms. The number of fused-ring (bicyclic) bond motifs is 3. The third kappa shape index (κ3) is 6.00. The van der Waals surface area contributed by atoms with E-state index in [2.05, 4.69) is 140 Å². The molecule has 0 radical (unpaired) electrons. The fourth-order valence-corrected chi connectivity index (χ4v) is 8.69. The Kier molecular flexibility index (Phi) is 7.75. The van der Waals surface area contributed by atoms with Gasteiger partial charge >= 0.3 is 0 Å². The van der Waals surface area contributed by atoms with Gasteiger partial charge in [-0.05, 0) is 84.0 Å². The molecule has 254 valence electrons. The molecule has 2 fully saturated rings. The molecule has 0 saturated heterocycles. The van der Waals surface area contributed by atoms with Crippen LogP contribution in [0.3, 0.4) is 0 Å². The van der Waals surface area contributed by atoms with Crippen molar-refractivity contribution in [2.24, 2.45) is 5.92 Å². The fraction of sp³-hybridized carbons (Fsp3) is 0.143. The Bertz CT molecular complexity index is 2590. The number of aromatic nitrogens is 4. The number of benzene rings is 6. The first-order valence-corrected chi connectivity index (χ1v) is 18.8. The molecule has 4 nitrogen and oxygen atoms in total. The van der Waals surface area contributed by atoms with Crippen molar-refractivity contribution in [3.05, 3.63) is 169 Å². The predicted molar refractivity (Wildman–Crippen MR) is 216 cm³/mol. The molecule has 0 amide bonds. The molecule has 0 spiro atoms. The van der Waals surface area contributed by atoms with Gasteiger partial charge in [0.05, 0.1) is 22.8 Å². The van der Waals surface area contributed by atoms with Gasteiger partial charge in [-0.1, -0.05) is 140 Å². The van der Waals surface area contributed by atoms with Crippen molar-refractivity contribution in [2.75, 3.05) is 0 Å². The van der Waals surface area contributed by atoms with Gasteiger partial charge in [-0.3, -0.25) is 0 Å². The monoisotopic (exact) mass is 682 g/mol. The van der Waals surface area contributed by atoms with Crippen LogP contribution in [0.15, 0.2) is 164 Å². The molecule has 0 atom stereocenters. The third-order valence-electron chi connectivity index (χ3n) is 11.6. The second-order valence-corrected chi connectivity index (χ2v) is 14.8. The van der Waals surface area contributed by atoms with Crippen LogP contribution in [0.5, 0.6) is 0 Å². The molecule has 6 aromatic carbocycles. The van der Waals surface area contributed by atoms with Crippen LogP contribution in [-0.2, 0) is 5.41 Å². The van der Waals surface area contributed by atoms with Crippen LogP contribution < -0.4 is 0 Å². The molecule has 2 aliphatic rings. The van der Waals surface area contributed by atoms with E-state index in [1.165, 1.54) is 48.4 Å². The van der Waals surface area contributed by atoms with Gasteiger partial charge in [0, 0.05) is 33.4 Å². The van der Waals surface area contributed by atoms with Crippen LogP contribution in [-0.4, -0.2) is 19.9 Å². The van der Waals surface area contributed by atoms with Crippen molar-refractivity contribution >= 4 is 10.8 Å². The minimum Gasteiger partial charge on any atom is -0.228 e. The maximum Gasteiger partial charge on any atom is 0.160 e. The Labute approximate surface area is 310 Å². The molecule has 2 heterocycles. The van der Waals surface area contributed by atoms with Gasteiger partial charge in [-0.25, -0.2) is 19.9 Å². The van der Waals surface area contributed by atoms with E-state index in [-0.39, 0.29) is 0 Å². The SMILES string of the molecule is c1ccc(-c2cc(-c3ccc(-c4cc(-c5cccc(C67CCC(CC6)C7)c5)nc(-c5ccccc5)n4)cc3)nc(-c3ccc4ccccc4c3)n2)cc1. The van der Waals surface area contributed by atoms with E-state index in [9.17, 15) is 0 Å². The highest BCUT2D eigenvalue weighted by Crippen LogP contribution is 2.55. The van der Waals surface area contributed by atoms with Crippen molar-refractivity contribution < 1.29 is 0 Å². The van der Waals surface area contributed by atoms with Gasteiger partial charge in [-0.2, -0.15) is 0 Å². The smallest absolute Gasteiger partial charge is 0.160 e. The van der Waals surface area contributed by atoms with Gasteiger partial charge < -0.3 is 0 Å². The van der Waals surface area contributed by atoms with E-state index < -0.39 is 0 Å². The summed E-state index contributed by atoms with van der Waals surface area (Å²) < 4.78 is 0. The van der Waals surface area contributed by atoms with E-state index in [1.807, 2.05) is 24.3 Å². The van der Waals surface area contributed by atoms with Gasteiger partial charge in [0.1, 0.15) is 0 Å². The highest BCUT2D eigenvalue weighted by atomic mass is 14.9. The van der Waals surface area contributed by atoms with E-state index in [0.29, 0.717) is 11.2 Å². The van der Waals surface area contributed by atoms with E-state index in [0.717, 1.165) is 67.9 Å². The lowest BCUT2D eigenvalue weighted by Crippen LogP contribution is -2.19. The fourth-order valence-electron chi connectivity index (χ4n) is 8.69. The zero-order valence-corrected chi connectivity index (χ0v) is 29.5. The molecule has 0 aliphatic heterocycles. The quantitative estimate of drug-likeness (QED) is 0.168. The van der Waals surface area contributed by atoms with Crippen LogP contribution in [0.1, 0.15) is 37.7 Å². The summed E-state index contributed by atoms with van der Waals surface area (Å²) in [4.78, 5) is 20.5. The number of rotatable bonds is 7. The summed E-state index contributed by atoms with van der Waals surface area (Å²) >= 11 is 0. The molecule has 10 rings (SSSR count). The number of hydrogen-bond acceptors (Lipinski definition) is 4. The maximum atomic E-state index is 5.16. The van der Waals surface area contributed by atoms with Gasteiger partial charge in [0.2, 0.25) is 0 Å². The molecular weight excluding hydrogens is 645 g/mol. The largest absolute Gasteiger partial charge is 0.228 e. The summed E-state index contributed by atoms with van der Waals surface area (Å²) in [6, 6.07) is 57.5. The summed E-state index contributed by atoms with van der Waals surface area (Å²) in [5, 5.41) is 2.36. The summed E-state index contributed by atoms with van der Waals surface area (Å²) in [6.07, 6.45) is 6.67. The van der Waals surface area contributed by atoms with Gasteiger partial charge in [-0.15, -0.1) is 0 Å². The number of hydrogen-bond donors (Lipinski definition) is 0. The molecule has 0 N–H and O–H groups in total. The Morgan fingerprint density at radius 3 is 1.47 bits per heavy atom. The summed E-state index contributed by atoms with van der Waals surface area (Å²) in [6.45, 7) is 0. The van der Waals surface area contributed by atoms with Crippen molar-refractivity contribution in [2.45, 2.75) is 37.5 Å². The predicted octanol–water partition coefficient (Wildman–Crippen LogP) is 12.3. The van der Waals surface area contributed by atoms with Gasteiger partial charge in [0.25, 0.3) is 0 Å². The molecular formula is C49H38N4. The van der Waals surface area contributed by atoms with E-state index in [4.69, 9.17) is 19.9 Å². The standard InChI is InChI=1S/C49H38N4/c1-3-11-35(12-4-1)43-30-44(52-48(51-43)41-23-18-34-10-7-8-15-39(34)28-41)36-19-21-37(22-20-36)45-31-46(53-47(50-45)38-13-5-2-6-14-38)40-16-9-17-42(29-40)49-26-24-33(32-49)25-27-49/h1-23,28-31,33H,24-27,32H2. The molecule has 0 unspecified atom stereocenters. The maximum absolute atomic E-state index is 5.16. The number of nitrogens with zero attached hydrogens (tertiary/aromatic N) is 4. The third-order valence-corrected chi connectivity index (χ3v) is 11.6. The minimum absolute atomic E-state index is 0.337. The zero-order valence-electron chi connectivity index (χ0n) is 29.5. The Morgan fingerprint density at radius 2 is 0.868 bits per heavy atom.